The molecule has 3 aromatic rings. The van der Waals surface area contributed by atoms with Crippen LogP contribution in [0, 0.1) is 0 Å². The number of ether oxygens (including phenoxy) is 4. The highest BCUT2D eigenvalue weighted by atomic mass is 35.5. The van der Waals surface area contributed by atoms with E-state index in [1.54, 1.807) is 12.3 Å². The lowest BCUT2D eigenvalue weighted by Gasteiger charge is -2.29. The third-order valence-electron chi connectivity index (χ3n) is 6.69. The molecule has 208 valence electrons. The molecule has 5 rings (SSSR count). The summed E-state index contributed by atoms with van der Waals surface area (Å²) in [4.78, 5) is 16.5. The number of rotatable bonds is 9. The molecule has 2 aromatic heterocycles. The second kappa shape index (κ2) is 12.1. The highest BCUT2D eigenvalue weighted by molar-refractivity contribution is 6.41. The molecule has 0 spiro atoms. The van der Waals surface area contributed by atoms with E-state index < -0.39 is 6.23 Å². The van der Waals surface area contributed by atoms with E-state index in [1.807, 2.05) is 6.07 Å². The summed E-state index contributed by atoms with van der Waals surface area (Å²) in [6.07, 6.45) is 2.31. The van der Waals surface area contributed by atoms with Gasteiger partial charge in [0.05, 0.1) is 68.5 Å². The van der Waals surface area contributed by atoms with Crippen LogP contribution in [-0.4, -0.2) is 92.1 Å². The Labute approximate surface area is 236 Å². The van der Waals surface area contributed by atoms with Crippen LogP contribution in [-0.2, 0) is 9.47 Å². The van der Waals surface area contributed by atoms with E-state index in [0.29, 0.717) is 89.6 Å². The highest BCUT2D eigenvalue weighted by Crippen LogP contribution is 2.46. The summed E-state index contributed by atoms with van der Waals surface area (Å²) in [6, 6.07) is 3.18. The van der Waals surface area contributed by atoms with E-state index in [9.17, 15) is 5.11 Å². The van der Waals surface area contributed by atoms with E-state index in [1.165, 1.54) is 20.3 Å². The maximum atomic E-state index is 9.95. The third-order valence-corrected chi connectivity index (χ3v) is 7.44. The average Bonchev–Trinajstić information content (AvgIpc) is 3.39. The van der Waals surface area contributed by atoms with Crippen LogP contribution in [0.1, 0.15) is 0 Å². The van der Waals surface area contributed by atoms with Crippen LogP contribution in [0.3, 0.4) is 0 Å². The first-order valence-corrected chi connectivity index (χ1v) is 13.2. The summed E-state index contributed by atoms with van der Waals surface area (Å²) in [5, 5.41) is 17.7. The summed E-state index contributed by atoms with van der Waals surface area (Å²) in [5.41, 5.74) is 1.69. The molecule has 1 aromatic carbocycles. The molecule has 0 aliphatic carbocycles. The second-order valence-corrected chi connectivity index (χ2v) is 9.84. The number of nitrogens with zero attached hydrogens (tertiary/aromatic N) is 4. The maximum absolute atomic E-state index is 9.95. The minimum absolute atomic E-state index is 0.149. The van der Waals surface area contributed by atoms with Gasteiger partial charge in [-0.1, -0.05) is 29.8 Å². The van der Waals surface area contributed by atoms with Crippen molar-refractivity contribution < 1.29 is 24.1 Å². The van der Waals surface area contributed by atoms with Crippen molar-refractivity contribution in [2.45, 2.75) is 18.3 Å². The molecule has 39 heavy (non-hydrogen) atoms. The molecule has 0 bridgehead atoms. The molecule has 3 N–H and O–H groups in total. The van der Waals surface area contributed by atoms with Gasteiger partial charge in [0, 0.05) is 36.3 Å². The molecule has 13 heteroatoms. The summed E-state index contributed by atoms with van der Waals surface area (Å²) in [7, 11) is 3.06. The van der Waals surface area contributed by atoms with Crippen LogP contribution < -0.4 is 25.0 Å². The number of benzene rings is 1. The second-order valence-electron chi connectivity index (χ2n) is 9.09. The maximum Gasteiger partial charge on any atom is 0.223 e. The molecular formula is C26H30Cl2N6O5. The van der Waals surface area contributed by atoms with Crippen molar-refractivity contribution in [2.24, 2.45) is 0 Å². The molecule has 3 atom stereocenters. The Balaban J connectivity index is 1.58. The number of aliphatic hydroxyl groups is 1. The predicted octanol–water partition coefficient (Wildman–Crippen LogP) is 3.13. The number of nitrogens with one attached hydrogen (secondary N) is 2. The SMILES string of the molecule is C=CC(O)N[C@H]1COC[C@H]1Nc1ncc2cc(-c3c(Cl)c(OC)cc(OC)c3Cl)nc(N3CCOCC3)c2n1. The van der Waals surface area contributed by atoms with Crippen molar-refractivity contribution in [3.63, 3.8) is 0 Å². The Morgan fingerprint density at radius 1 is 1.08 bits per heavy atom. The Bertz CT molecular complexity index is 1330. The standard InChI is InChI=1S/C26H30Cl2N6O5/c1-4-20(35)30-16-12-39-13-17(16)32-26-29-11-14-9-15(21-22(27)18(36-2)10-19(37-3)23(21)28)31-25(24(14)33-26)34-5-7-38-8-6-34/h4,9-11,16-17,20,30,35H,1,5-8,12-13H2,2-3H3,(H,29,32,33)/t16-,17+,20?/m0/s1. The van der Waals surface area contributed by atoms with Crippen LogP contribution in [0.5, 0.6) is 11.5 Å². The van der Waals surface area contributed by atoms with Crippen molar-refractivity contribution in [1.29, 1.82) is 0 Å². The predicted molar refractivity (Wildman–Crippen MR) is 150 cm³/mol. The van der Waals surface area contributed by atoms with Gasteiger partial charge in [0.2, 0.25) is 5.95 Å². The highest BCUT2D eigenvalue weighted by Gasteiger charge is 2.30. The van der Waals surface area contributed by atoms with Gasteiger partial charge in [-0.2, -0.15) is 0 Å². The zero-order valence-electron chi connectivity index (χ0n) is 21.6. The Kier molecular flexibility index (Phi) is 8.55. The van der Waals surface area contributed by atoms with Gasteiger partial charge in [0.1, 0.15) is 23.2 Å². The average molecular weight is 577 g/mol. The first kappa shape index (κ1) is 27.6. The number of halogens is 2. The van der Waals surface area contributed by atoms with Gasteiger partial charge in [-0.05, 0) is 12.1 Å². The first-order valence-electron chi connectivity index (χ1n) is 12.4. The number of pyridine rings is 1. The molecule has 2 aliphatic rings. The molecule has 0 radical (unpaired) electrons. The van der Waals surface area contributed by atoms with Crippen LogP contribution in [0.4, 0.5) is 11.8 Å². The molecule has 2 aliphatic heterocycles. The number of aliphatic hydroxyl groups excluding tert-OH is 1. The summed E-state index contributed by atoms with van der Waals surface area (Å²) in [5.74, 6) is 1.91. The van der Waals surface area contributed by atoms with Gasteiger partial charge in [-0.15, -0.1) is 0 Å². The molecular weight excluding hydrogens is 547 g/mol. The smallest absolute Gasteiger partial charge is 0.223 e. The quantitative estimate of drug-likeness (QED) is 0.257. The largest absolute Gasteiger partial charge is 0.495 e. The van der Waals surface area contributed by atoms with Gasteiger partial charge in [0.15, 0.2) is 5.82 Å². The molecule has 11 nitrogen and oxygen atoms in total. The first-order chi connectivity index (χ1) is 18.9. The molecule has 4 heterocycles. The molecule has 0 amide bonds. The minimum atomic E-state index is -0.844. The topological polar surface area (TPSA) is 123 Å². The van der Waals surface area contributed by atoms with Gasteiger partial charge < -0.3 is 34.3 Å². The van der Waals surface area contributed by atoms with E-state index in [-0.39, 0.29) is 12.1 Å². The van der Waals surface area contributed by atoms with Crippen molar-refractivity contribution >= 4 is 45.9 Å². The van der Waals surface area contributed by atoms with Gasteiger partial charge in [-0.25, -0.2) is 15.0 Å². The molecule has 2 saturated heterocycles. The van der Waals surface area contributed by atoms with Crippen LogP contribution in [0.15, 0.2) is 31.0 Å². The van der Waals surface area contributed by atoms with Crippen LogP contribution in [0.25, 0.3) is 22.2 Å². The number of morpholine rings is 1. The number of hydrogen-bond acceptors (Lipinski definition) is 11. The Hall–Kier alpha value is -2.93. The van der Waals surface area contributed by atoms with E-state index in [4.69, 9.17) is 52.1 Å². The van der Waals surface area contributed by atoms with E-state index in [0.717, 1.165) is 5.39 Å². The Morgan fingerprint density at radius 2 is 1.77 bits per heavy atom. The lowest BCUT2D eigenvalue weighted by Crippen LogP contribution is -2.47. The number of hydrogen-bond donors (Lipinski definition) is 3. The monoisotopic (exact) mass is 576 g/mol. The summed E-state index contributed by atoms with van der Waals surface area (Å²) in [6.45, 7) is 6.90. The fourth-order valence-corrected chi connectivity index (χ4v) is 5.33. The van der Waals surface area contributed by atoms with E-state index >= 15 is 0 Å². The van der Waals surface area contributed by atoms with Crippen molar-refractivity contribution in [1.82, 2.24) is 20.3 Å². The molecule has 1 unspecified atom stereocenters. The zero-order valence-corrected chi connectivity index (χ0v) is 23.1. The lowest BCUT2D eigenvalue weighted by molar-refractivity contribution is 0.122. The van der Waals surface area contributed by atoms with Crippen LogP contribution >= 0.6 is 23.2 Å². The summed E-state index contributed by atoms with van der Waals surface area (Å²) < 4.78 is 22.1. The number of aromatic nitrogens is 3. The number of anilines is 2. The van der Waals surface area contributed by atoms with Gasteiger partial charge in [-0.3, -0.25) is 5.32 Å². The molecule has 0 saturated carbocycles. The zero-order chi connectivity index (χ0) is 27.5. The third kappa shape index (κ3) is 5.69. The van der Waals surface area contributed by atoms with Crippen LogP contribution in [0.2, 0.25) is 10.0 Å². The van der Waals surface area contributed by atoms with Crippen molar-refractivity contribution in [3.05, 3.63) is 41.0 Å². The minimum Gasteiger partial charge on any atom is -0.495 e. The van der Waals surface area contributed by atoms with Gasteiger partial charge >= 0.3 is 0 Å². The fourth-order valence-electron chi connectivity index (χ4n) is 4.64. The number of methoxy groups -OCH3 is 2. The number of fused-ring (bicyclic) bond motifs is 1. The Morgan fingerprint density at radius 3 is 2.44 bits per heavy atom. The van der Waals surface area contributed by atoms with E-state index in [2.05, 4.69) is 27.1 Å². The van der Waals surface area contributed by atoms with Gasteiger partial charge in [0.25, 0.3) is 0 Å². The fraction of sp³-hybridized carbons (Fsp3) is 0.423. The lowest BCUT2D eigenvalue weighted by atomic mass is 10.1. The summed E-state index contributed by atoms with van der Waals surface area (Å²) >= 11 is 13.5. The van der Waals surface area contributed by atoms with Crippen molar-refractivity contribution in [2.75, 3.05) is 64.0 Å². The molecule has 2 fully saturated rings. The van der Waals surface area contributed by atoms with Crippen molar-refractivity contribution in [3.8, 4) is 22.8 Å². The normalized spacial score (nSPS) is 20.2.